The average Bonchev–Trinajstić information content (AvgIpc) is 3.02. The first-order valence-electron chi connectivity index (χ1n) is 7.00. The molecule has 2 aliphatic heterocycles. The molecule has 0 radical (unpaired) electrons. The Morgan fingerprint density at radius 3 is 2.91 bits per heavy atom. The van der Waals surface area contributed by atoms with Crippen LogP contribution < -0.4 is 4.72 Å². The van der Waals surface area contributed by atoms with Crippen molar-refractivity contribution in [3.8, 4) is 0 Å². The molecule has 8 nitrogen and oxygen atoms in total. The Morgan fingerprint density at radius 2 is 2.17 bits per heavy atom. The van der Waals surface area contributed by atoms with E-state index in [9.17, 15) is 18.0 Å². The number of cyclic esters (lactones) is 1. The van der Waals surface area contributed by atoms with Crippen molar-refractivity contribution >= 4 is 27.8 Å². The SMILES string of the molecule is O=C(CCN=C1NS(=O)(=O)c2ccccc21)OC1CCOC1=O. The summed E-state index contributed by atoms with van der Waals surface area (Å²) in [4.78, 5) is 27.1. The Kier molecular flexibility index (Phi) is 4.03. The molecule has 23 heavy (non-hydrogen) atoms. The van der Waals surface area contributed by atoms with Gasteiger partial charge < -0.3 is 9.47 Å². The van der Waals surface area contributed by atoms with Crippen molar-refractivity contribution in [3.63, 3.8) is 0 Å². The van der Waals surface area contributed by atoms with Gasteiger partial charge in [-0.15, -0.1) is 0 Å². The van der Waals surface area contributed by atoms with Gasteiger partial charge in [0.25, 0.3) is 10.0 Å². The molecule has 9 heteroatoms. The lowest BCUT2D eigenvalue weighted by atomic mass is 10.2. The fourth-order valence-electron chi connectivity index (χ4n) is 2.31. The van der Waals surface area contributed by atoms with Crippen molar-refractivity contribution in [1.29, 1.82) is 0 Å². The summed E-state index contributed by atoms with van der Waals surface area (Å²) in [6.45, 7) is 0.296. The number of sulfonamides is 1. The van der Waals surface area contributed by atoms with Crippen LogP contribution in [-0.4, -0.2) is 45.4 Å². The molecule has 1 fully saturated rings. The quantitative estimate of drug-likeness (QED) is 0.772. The molecule has 2 heterocycles. The summed E-state index contributed by atoms with van der Waals surface area (Å²) in [6, 6.07) is 6.45. The van der Waals surface area contributed by atoms with Crippen LogP contribution in [0.5, 0.6) is 0 Å². The summed E-state index contributed by atoms with van der Waals surface area (Å²) in [5.74, 6) is -0.914. The molecule has 0 amide bonds. The number of aliphatic imine (C=N–C) groups is 1. The molecule has 1 aromatic carbocycles. The maximum Gasteiger partial charge on any atom is 0.347 e. The highest BCUT2D eigenvalue weighted by molar-refractivity contribution is 7.90. The topological polar surface area (TPSA) is 111 Å². The third-order valence-corrected chi connectivity index (χ3v) is 4.81. The number of fused-ring (bicyclic) bond motifs is 1. The van der Waals surface area contributed by atoms with Gasteiger partial charge in [0.1, 0.15) is 5.84 Å². The van der Waals surface area contributed by atoms with E-state index in [1.54, 1.807) is 18.2 Å². The minimum Gasteiger partial charge on any atom is -0.463 e. The summed E-state index contributed by atoms with van der Waals surface area (Å²) in [6.07, 6.45) is -0.551. The highest BCUT2D eigenvalue weighted by Gasteiger charge is 2.31. The lowest BCUT2D eigenvalue weighted by molar-refractivity contribution is -0.160. The fourth-order valence-corrected chi connectivity index (χ4v) is 3.56. The smallest absolute Gasteiger partial charge is 0.347 e. The molecule has 122 valence electrons. The molecular weight excluding hydrogens is 324 g/mol. The lowest BCUT2D eigenvalue weighted by Crippen LogP contribution is -2.24. The Hall–Kier alpha value is -2.42. The molecule has 1 N–H and O–H groups in total. The number of carbonyl (C=O) groups is 2. The van der Waals surface area contributed by atoms with E-state index < -0.39 is 28.1 Å². The van der Waals surface area contributed by atoms with Gasteiger partial charge in [0.15, 0.2) is 0 Å². The van der Waals surface area contributed by atoms with Crippen molar-refractivity contribution in [2.45, 2.75) is 23.8 Å². The van der Waals surface area contributed by atoms with Crippen LogP contribution in [0.1, 0.15) is 18.4 Å². The minimum absolute atomic E-state index is 0.0484. The van der Waals surface area contributed by atoms with Crippen LogP contribution in [-0.2, 0) is 29.1 Å². The zero-order valence-electron chi connectivity index (χ0n) is 12.0. The molecule has 0 aliphatic carbocycles. The van der Waals surface area contributed by atoms with Gasteiger partial charge in [0.2, 0.25) is 6.10 Å². The third-order valence-electron chi connectivity index (χ3n) is 3.41. The van der Waals surface area contributed by atoms with Crippen LogP contribution in [0.4, 0.5) is 0 Å². The number of nitrogens with one attached hydrogen (secondary N) is 1. The van der Waals surface area contributed by atoms with Gasteiger partial charge in [-0.05, 0) is 12.1 Å². The van der Waals surface area contributed by atoms with Gasteiger partial charge >= 0.3 is 11.9 Å². The fraction of sp³-hybridized carbons (Fsp3) is 0.357. The molecule has 0 saturated carbocycles. The second-order valence-corrected chi connectivity index (χ2v) is 6.67. The van der Waals surface area contributed by atoms with Crippen LogP contribution >= 0.6 is 0 Å². The number of esters is 2. The first-order chi connectivity index (χ1) is 11.0. The van der Waals surface area contributed by atoms with Gasteiger partial charge in [0, 0.05) is 12.0 Å². The number of benzene rings is 1. The van der Waals surface area contributed by atoms with Crippen molar-refractivity contribution in [2.75, 3.05) is 13.2 Å². The highest BCUT2D eigenvalue weighted by atomic mass is 32.2. The van der Waals surface area contributed by atoms with Crippen molar-refractivity contribution in [3.05, 3.63) is 29.8 Å². The first kappa shape index (κ1) is 15.5. The van der Waals surface area contributed by atoms with Gasteiger partial charge in [-0.1, -0.05) is 12.1 Å². The Morgan fingerprint density at radius 1 is 1.39 bits per heavy atom. The number of hydrogen-bond donors (Lipinski definition) is 1. The van der Waals surface area contributed by atoms with Crippen LogP contribution in [0.2, 0.25) is 0 Å². The molecule has 0 spiro atoms. The number of nitrogens with zero attached hydrogens (tertiary/aromatic N) is 1. The van der Waals surface area contributed by atoms with Gasteiger partial charge in [-0.2, -0.15) is 0 Å². The van der Waals surface area contributed by atoms with Crippen molar-refractivity contribution < 1.29 is 27.5 Å². The molecular formula is C14H14N2O6S. The van der Waals surface area contributed by atoms with E-state index >= 15 is 0 Å². The zero-order valence-corrected chi connectivity index (χ0v) is 12.8. The van der Waals surface area contributed by atoms with Crippen molar-refractivity contribution in [1.82, 2.24) is 4.72 Å². The van der Waals surface area contributed by atoms with Crippen LogP contribution in [0.3, 0.4) is 0 Å². The third kappa shape index (κ3) is 3.19. The van der Waals surface area contributed by atoms with Gasteiger partial charge in [-0.3, -0.25) is 14.5 Å². The molecule has 1 saturated heterocycles. The second kappa shape index (κ2) is 5.99. The first-order valence-corrected chi connectivity index (χ1v) is 8.48. The summed E-state index contributed by atoms with van der Waals surface area (Å²) in [5, 5.41) is 0. The van der Waals surface area contributed by atoms with Crippen molar-refractivity contribution in [2.24, 2.45) is 4.99 Å². The van der Waals surface area contributed by atoms with E-state index in [1.165, 1.54) is 6.07 Å². The summed E-state index contributed by atoms with van der Waals surface area (Å²) in [5.41, 5.74) is 0.472. The lowest BCUT2D eigenvalue weighted by Gasteiger charge is -2.07. The standard InChI is InChI=1S/C14H14N2O6S/c17-12(22-10-6-8-21-14(10)18)5-7-15-13-9-3-1-2-4-11(9)23(19,20)16-13/h1-4,10H,5-8H2,(H,15,16). The van der Waals surface area contributed by atoms with E-state index in [0.29, 0.717) is 12.0 Å². The summed E-state index contributed by atoms with van der Waals surface area (Å²) < 4.78 is 35.8. The molecule has 0 aromatic heterocycles. The Balaban J connectivity index is 1.61. The number of rotatable bonds is 4. The van der Waals surface area contributed by atoms with E-state index in [-0.39, 0.29) is 30.3 Å². The number of ether oxygens (including phenoxy) is 2. The van der Waals surface area contributed by atoms with Gasteiger partial charge in [0.05, 0.1) is 24.5 Å². The monoisotopic (exact) mass is 338 g/mol. The second-order valence-electron chi connectivity index (χ2n) is 5.02. The van der Waals surface area contributed by atoms with Crippen LogP contribution in [0, 0.1) is 0 Å². The molecule has 2 aliphatic rings. The summed E-state index contributed by atoms with van der Waals surface area (Å²) >= 11 is 0. The predicted molar refractivity (Wildman–Crippen MR) is 78.2 cm³/mol. The minimum atomic E-state index is -3.59. The largest absolute Gasteiger partial charge is 0.463 e. The number of hydrogen-bond acceptors (Lipinski definition) is 7. The highest BCUT2D eigenvalue weighted by Crippen LogP contribution is 2.22. The Labute approximate surface area is 132 Å². The van der Waals surface area contributed by atoms with E-state index in [1.807, 2.05) is 0 Å². The van der Waals surface area contributed by atoms with Crippen LogP contribution in [0.15, 0.2) is 34.2 Å². The number of amidine groups is 1. The van der Waals surface area contributed by atoms with Crippen LogP contribution in [0.25, 0.3) is 0 Å². The molecule has 3 rings (SSSR count). The average molecular weight is 338 g/mol. The molecule has 0 bridgehead atoms. The number of carbonyl (C=O) groups excluding carboxylic acids is 2. The zero-order chi connectivity index (χ0) is 16.4. The molecule has 1 atom stereocenters. The normalized spacial score (nSPS) is 23.2. The maximum atomic E-state index is 11.9. The maximum absolute atomic E-state index is 11.9. The van der Waals surface area contributed by atoms with E-state index in [2.05, 4.69) is 9.71 Å². The Bertz CT molecular complexity index is 786. The predicted octanol–water partition coefficient (Wildman–Crippen LogP) is -0.0261. The van der Waals surface area contributed by atoms with E-state index in [0.717, 1.165) is 0 Å². The summed E-state index contributed by atoms with van der Waals surface area (Å²) in [7, 11) is -3.59. The molecule has 1 aromatic rings. The van der Waals surface area contributed by atoms with E-state index in [4.69, 9.17) is 9.47 Å². The molecule has 1 unspecified atom stereocenters. The van der Waals surface area contributed by atoms with Gasteiger partial charge in [-0.25, -0.2) is 13.2 Å².